The average molecular weight is 549 g/mol. The molecular weight excluding hydrogens is 520 g/mol. The van der Waals surface area contributed by atoms with Crippen LogP contribution in [0.3, 0.4) is 0 Å². The fourth-order valence-corrected chi connectivity index (χ4v) is 4.93. The summed E-state index contributed by atoms with van der Waals surface area (Å²) in [4.78, 5) is 31.5. The molecule has 10 heteroatoms. The van der Waals surface area contributed by atoms with Gasteiger partial charge in [0.2, 0.25) is 5.88 Å². The largest absolute Gasteiger partial charge is 0.439 e. The summed E-state index contributed by atoms with van der Waals surface area (Å²) in [6.07, 6.45) is 2.82. The fraction of sp³-hybridized carbons (Fsp3) is 0.194. The number of aryl methyl sites for hydroxylation is 1. The molecule has 4 aromatic rings. The number of nitrogens with zero attached hydrogens (tertiary/aromatic N) is 6. The van der Waals surface area contributed by atoms with E-state index in [1.54, 1.807) is 23.1 Å². The molecule has 2 aromatic heterocycles. The fourth-order valence-electron chi connectivity index (χ4n) is 4.93. The summed E-state index contributed by atoms with van der Waals surface area (Å²) in [5.41, 5.74) is 4.64. The first kappa shape index (κ1) is 27.1. The van der Waals surface area contributed by atoms with E-state index in [1.165, 1.54) is 12.1 Å². The molecule has 206 valence electrons. The average Bonchev–Trinajstić information content (AvgIpc) is 3.28. The minimum absolute atomic E-state index is 0.108. The molecule has 41 heavy (non-hydrogen) atoms. The number of ether oxygens (including phenoxy) is 1. The summed E-state index contributed by atoms with van der Waals surface area (Å²) >= 11 is 0. The highest BCUT2D eigenvalue weighted by atomic mass is 16.6. The number of hydrogen-bond donors (Lipinski definition) is 0. The second kappa shape index (κ2) is 11.8. The lowest BCUT2D eigenvalue weighted by Gasteiger charge is -2.36. The van der Waals surface area contributed by atoms with E-state index in [1.807, 2.05) is 54.8 Å². The Kier molecular flexibility index (Phi) is 7.78. The molecule has 1 saturated heterocycles. The topological polar surface area (TPSA) is 118 Å². The van der Waals surface area contributed by atoms with E-state index in [4.69, 9.17) is 4.74 Å². The number of amides is 1. The van der Waals surface area contributed by atoms with Crippen LogP contribution in [0.15, 0.2) is 84.6 Å². The number of hydrogen-bond acceptors (Lipinski definition) is 7. The molecule has 1 fully saturated rings. The molecule has 2 aromatic carbocycles. The van der Waals surface area contributed by atoms with Crippen LogP contribution in [0.25, 0.3) is 11.8 Å². The third-order valence-corrected chi connectivity index (χ3v) is 7.06. The molecular formula is C31H28N6O4. The second-order valence-electron chi connectivity index (χ2n) is 9.65. The van der Waals surface area contributed by atoms with Gasteiger partial charge >= 0.3 is 0 Å². The first-order chi connectivity index (χ1) is 19.8. The molecule has 0 radical (unpaired) electrons. The molecule has 10 nitrogen and oxygen atoms in total. The van der Waals surface area contributed by atoms with E-state index in [0.29, 0.717) is 31.9 Å². The number of benzene rings is 2. The first-order valence-corrected chi connectivity index (χ1v) is 13.1. The monoisotopic (exact) mass is 548 g/mol. The number of para-hydroxylation sites is 1. The van der Waals surface area contributed by atoms with Crippen molar-refractivity contribution in [1.29, 1.82) is 5.26 Å². The number of carbonyl (C=O) groups excluding carboxylic acids is 1. The van der Waals surface area contributed by atoms with Gasteiger partial charge in [-0.25, -0.2) is 4.98 Å². The summed E-state index contributed by atoms with van der Waals surface area (Å²) in [6, 6.07) is 24.3. The zero-order valence-electron chi connectivity index (χ0n) is 22.7. The lowest BCUT2D eigenvalue weighted by atomic mass is 10.1. The zero-order chi connectivity index (χ0) is 28.9. The molecule has 0 saturated carbocycles. The second-order valence-corrected chi connectivity index (χ2v) is 9.65. The van der Waals surface area contributed by atoms with Crippen LogP contribution < -0.4 is 9.64 Å². The van der Waals surface area contributed by atoms with Gasteiger partial charge in [-0.3, -0.25) is 14.9 Å². The Hall–Kier alpha value is -5.43. The number of rotatable bonds is 7. The van der Waals surface area contributed by atoms with E-state index in [2.05, 4.69) is 28.1 Å². The van der Waals surface area contributed by atoms with Crippen LogP contribution in [0.4, 0.5) is 11.4 Å². The highest BCUT2D eigenvalue weighted by Gasteiger charge is 2.24. The van der Waals surface area contributed by atoms with Crippen LogP contribution in [0.1, 0.15) is 17.0 Å². The van der Waals surface area contributed by atoms with Crippen molar-refractivity contribution in [2.24, 2.45) is 0 Å². The van der Waals surface area contributed by atoms with E-state index in [-0.39, 0.29) is 23.0 Å². The van der Waals surface area contributed by atoms with Crippen molar-refractivity contribution >= 4 is 23.4 Å². The maximum atomic E-state index is 13.2. The van der Waals surface area contributed by atoms with E-state index >= 15 is 0 Å². The summed E-state index contributed by atoms with van der Waals surface area (Å²) in [5, 5.41) is 20.7. The van der Waals surface area contributed by atoms with Gasteiger partial charge in [0.1, 0.15) is 23.6 Å². The van der Waals surface area contributed by atoms with Gasteiger partial charge in [-0.05, 0) is 68.0 Å². The van der Waals surface area contributed by atoms with Gasteiger partial charge < -0.3 is 19.1 Å². The number of carbonyl (C=O) groups is 1. The van der Waals surface area contributed by atoms with E-state index in [0.717, 1.165) is 34.5 Å². The smallest absolute Gasteiger partial charge is 0.287 e. The van der Waals surface area contributed by atoms with Crippen molar-refractivity contribution in [2.45, 2.75) is 13.8 Å². The molecule has 1 aliphatic heterocycles. The number of pyridine rings is 1. The molecule has 0 aliphatic carbocycles. The van der Waals surface area contributed by atoms with Gasteiger partial charge in [0.05, 0.1) is 4.92 Å². The highest BCUT2D eigenvalue weighted by molar-refractivity contribution is 6.02. The first-order valence-electron chi connectivity index (χ1n) is 13.1. The van der Waals surface area contributed by atoms with Crippen LogP contribution in [0.2, 0.25) is 0 Å². The Morgan fingerprint density at radius 2 is 1.71 bits per heavy atom. The Morgan fingerprint density at radius 1 is 1.00 bits per heavy atom. The summed E-state index contributed by atoms with van der Waals surface area (Å²) < 4.78 is 7.76. The van der Waals surface area contributed by atoms with Crippen molar-refractivity contribution < 1.29 is 14.5 Å². The Labute approximate surface area is 237 Å². The van der Waals surface area contributed by atoms with Crippen molar-refractivity contribution in [3.05, 3.63) is 112 Å². The van der Waals surface area contributed by atoms with Crippen LogP contribution in [0, 0.1) is 35.3 Å². The SMILES string of the molecule is Cc1cc(/C=C(/C#N)C(=O)N2CCN(c3ccccc3)CC2)c(C)n1-c1ccc(Oc2ccc([N+](=O)[O-])cn2)cc1. The third kappa shape index (κ3) is 5.94. The van der Waals surface area contributed by atoms with Crippen LogP contribution >= 0.6 is 0 Å². The standard InChI is InChI=1S/C31H28N6O4/c1-22-18-24(19-25(20-32)31(38)35-16-14-34(15-17-35)26-6-4-3-5-7-26)23(2)36(22)27-8-11-29(12-9-27)41-30-13-10-28(21-33-30)37(39)40/h3-13,18-19,21H,14-17H2,1-2H3/b25-19-. The normalized spacial score (nSPS) is 13.5. The van der Waals surface area contributed by atoms with Gasteiger partial charge in [0.25, 0.3) is 11.6 Å². The number of anilines is 1. The Balaban J connectivity index is 1.29. The van der Waals surface area contributed by atoms with Crippen molar-refractivity contribution in [3.63, 3.8) is 0 Å². The number of piperazine rings is 1. The molecule has 0 bridgehead atoms. The maximum absolute atomic E-state index is 13.2. The third-order valence-electron chi connectivity index (χ3n) is 7.06. The van der Waals surface area contributed by atoms with Gasteiger partial charge in [-0.1, -0.05) is 18.2 Å². The lowest BCUT2D eigenvalue weighted by Crippen LogP contribution is -2.49. The lowest BCUT2D eigenvalue weighted by molar-refractivity contribution is -0.385. The number of nitriles is 1. The van der Waals surface area contributed by atoms with Gasteiger partial charge in [0.15, 0.2) is 0 Å². The molecule has 0 spiro atoms. The van der Waals surface area contributed by atoms with Crippen molar-refractivity contribution in [3.8, 4) is 23.4 Å². The molecule has 3 heterocycles. The highest BCUT2D eigenvalue weighted by Crippen LogP contribution is 2.27. The Bertz CT molecular complexity index is 1630. The van der Waals surface area contributed by atoms with Gasteiger partial charge in [-0.2, -0.15) is 5.26 Å². The summed E-state index contributed by atoms with van der Waals surface area (Å²) in [6.45, 7) is 6.44. The van der Waals surface area contributed by atoms with Crippen LogP contribution in [-0.2, 0) is 4.79 Å². The van der Waals surface area contributed by atoms with Crippen molar-refractivity contribution in [1.82, 2.24) is 14.5 Å². The maximum Gasteiger partial charge on any atom is 0.287 e. The predicted molar refractivity (Wildman–Crippen MR) is 155 cm³/mol. The molecule has 0 unspecified atom stereocenters. The quantitative estimate of drug-likeness (QED) is 0.131. The molecule has 0 atom stereocenters. The predicted octanol–water partition coefficient (Wildman–Crippen LogP) is 5.45. The summed E-state index contributed by atoms with van der Waals surface area (Å²) in [7, 11) is 0. The van der Waals surface area contributed by atoms with Gasteiger partial charge in [0, 0.05) is 61.1 Å². The molecule has 0 N–H and O–H groups in total. The minimum Gasteiger partial charge on any atom is -0.439 e. The zero-order valence-corrected chi connectivity index (χ0v) is 22.7. The van der Waals surface area contributed by atoms with Crippen LogP contribution in [-0.4, -0.2) is 51.5 Å². The summed E-state index contributed by atoms with van der Waals surface area (Å²) in [5.74, 6) is 0.521. The van der Waals surface area contributed by atoms with E-state index in [9.17, 15) is 20.2 Å². The minimum atomic E-state index is -0.514. The van der Waals surface area contributed by atoms with E-state index < -0.39 is 4.92 Å². The van der Waals surface area contributed by atoms with Gasteiger partial charge in [-0.15, -0.1) is 0 Å². The van der Waals surface area contributed by atoms with Crippen molar-refractivity contribution in [2.75, 3.05) is 31.1 Å². The number of aromatic nitrogens is 2. The molecule has 1 aliphatic rings. The Morgan fingerprint density at radius 3 is 2.32 bits per heavy atom. The molecule has 5 rings (SSSR count). The molecule has 1 amide bonds. The van der Waals surface area contributed by atoms with Crippen LogP contribution in [0.5, 0.6) is 11.6 Å². The number of nitro groups is 1.